The lowest BCUT2D eigenvalue weighted by Gasteiger charge is -2.13. The fourth-order valence-corrected chi connectivity index (χ4v) is 4.32. The Morgan fingerprint density at radius 3 is 2.59 bits per heavy atom. The third kappa shape index (κ3) is 3.46. The highest BCUT2D eigenvalue weighted by atomic mass is 19.4. The van der Waals surface area contributed by atoms with Gasteiger partial charge in [-0.2, -0.15) is 28.1 Å². The van der Waals surface area contributed by atoms with Crippen LogP contribution in [0.2, 0.25) is 0 Å². The summed E-state index contributed by atoms with van der Waals surface area (Å²) in [7, 11) is 1.81. The summed E-state index contributed by atoms with van der Waals surface area (Å²) in [5.74, 6) is 0.532. The average molecular weight is 464 g/mol. The molecule has 0 atom stereocenters. The molecule has 10 heteroatoms. The number of alkyl halides is 3. The van der Waals surface area contributed by atoms with E-state index in [9.17, 15) is 18.0 Å². The SMILES string of the molecule is Cn1cc2cc(-n3nc4ccn(CC5CC5)c4c(-c4ccc(C(F)(F)F)nc4)c3=O)ccc2n1. The fraction of sp³-hybridized carbons (Fsp3) is 0.250. The zero-order valence-electron chi connectivity index (χ0n) is 18.1. The Morgan fingerprint density at radius 1 is 1.06 bits per heavy atom. The fourth-order valence-electron chi connectivity index (χ4n) is 4.32. The van der Waals surface area contributed by atoms with Gasteiger partial charge >= 0.3 is 6.18 Å². The number of hydrogen-bond donors (Lipinski definition) is 0. The molecule has 0 radical (unpaired) electrons. The molecule has 4 heterocycles. The van der Waals surface area contributed by atoms with Gasteiger partial charge in [0, 0.05) is 43.1 Å². The normalized spacial score (nSPS) is 14.4. The van der Waals surface area contributed by atoms with E-state index < -0.39 is 17.4 Å². The lowest BCUT2D eigenvalue weighted by Crippen LogP contribution is -2.24. The second kappa shape index (κ2) is 7.28. The second-order valence-electron chi connectivity index (χ2n) is 8.71. The van der Waals surface area contributed by atoms with Gasteiger partial charge in [-0.1, -0.05) is 6.07 Å². The number of fused-ring (bicyclic) bond motifs is 2. The highest BCUT2D eigenvalue weighted by molar-refractivity contribution is 5.92. The lowest BCUT2D eigenvalue weighted by molar-refractivity contribution is -0.141. The van der Waals surface area contributed by atoms with Crippen LogP contribution >= 0.6 is 0 Å². The summed E-state index contributed by atoms with van der Waals surface area (Å²) in [6, 6.07) is 9.41. The summed E-state index contributed by atoms with van der Waals surface area (Å²) >= 11 is 0. The summed E-state index contributed by atoms with van der Waals surface area (Å²) in [6.07, 6.45) is 2.51. The standard InChI is InChI=1S/C24H19F3N6O/c1-31-13-16-10-17(5-6-18(16)29-31)33-23(34)21(15-4-7-20(28-11-15)24(25,26)27)22-19(30-33)8-9-32(22)12-14-2-3-14/h4-11,13-14H,2-3,12H2,1H3. The lowest BCUT2D eigenvalue weighted by atomic mass is 10.1. The molecule has 0 aliphatic heterocycles. The topological polar surface area (TPSA) is 70.5 Å². The highest BCUT2D eigenvalue weighted by Crippen LogP contribution is 2.34. The molecule has 1 aliphatic carbocycles. The first-order chi connectivity index (χ1) is 16.3. The summed E-state index contributed by atoms with van der Waals surface area (Å²) in [4.78, 5) is 17.4. The van der Waals surface area contributed by atoms with E-state index in [0.717, 1.165) is 42.6 Å². The van der Waals surface area contributed by atoms with Crippen LogP contribution in [0.3, 0.4) is 0 Å². The van der Waals surface area contributed by atoms with Gasteiger partial charge in [0.2, 0.25) is 0 Å². The van der Waals surface area contributed by atoms with Gasteiger partial charge in [-0.15, -0.1) is 0 Å². The molecule has 7 nitrogen and oxygen atoms in total. The monoisotopic (exact) mass is 464 g/mol. The van der Waals surface area contributed by atoms with Gasteiger partial charge in [0.25, 0.3) is 5.56 Å². The zero-order chi connectivity index (χ0) is 23.6. The Morgan fingerprint density at radius 2 is 1.88 bits per heavy atom. The maximum atomic E-state index is 13.8. The molecule has 1 fully saturated rings. The number of benzene rings is 1. The van der Waals surface area contributed by atoms with Crippen molar-refractivity contribution in [1.29, 1.82) is 0 Å². The third-order valence-corrected chi connectivity index (χ3v) is 6.13. The van der Waals surface area contributed by atoms with Gasteiger partial charge in [0.05, 0.1) is 22.3 Å². The third-order valence-electron chi connectivity index (χ3n) is 6.13. The number of pyridine rings is 1. The first-order valence-electron chi connectivity index (χ1n) is 10.9. The van der Waals surface area contributed by atoms with Crippen LogP contribution in [0.1, 0.15) is 18.5 Å². The van der Waals surface area contributed by atoms with Gasteiger partial charge in [-0.25, -0.2) is 0 Å². The predicted molar refractivity (Wildman–Crippen MR) is 121 cm³/mol. The second-order valence-corrected chi connectivity index (χ2v) is 8.71. The number of aromatic nitrogens is 6. The molecule has 1 saturated carbocycles. The van der Waals surface area contributed by atoms with Crippen LogP contribution in [-0.2, 0) is 19.8 Å². The van der Waals surface area contributed by atoms with Crippen LogP contribution in [0.4, 0.5) is 13.2 Å². The molecule has 4 aromatic heterocycles. The summed E-state index contributed by atoms with van der Waals surface area (Å²) in [6.45, 7) is 0.733. The van der Waals surface area contributed by atoms with E-state index in [1.54, 1.807) is 16.8 Å². The molecule has 5 aromatic rings. The Hall–Kier alpha value is -3.95. The van der Waals surface area contributed by atoms with Crippen LogP contribution in [0.5, 0.6) is 0 Å². The maximum absolute atomic E-state index is 13.8. The Balaban J connectivity index is 1.59. The zero-order valence-corrected chi connectivity index (χ0v) is 18.1. The van der Waals surface area contributed by atoms with Gasteiger partial charge < -0.3 is 4.57 Å². The van der Waals surface area contributed by atoms with E-state index in [4.69, 9.17) is 0 Å². The van der Waals surface area contributed by atoms with Crippen molar-refractivity contribution in [2.24, 2.45) is 13.0 Å². The van der Waals surface area contributed by atoms with Crippen molar-refractivity contribution in [3.63, 3.8) is 0 Å². The minimum atomic E-state index is -4.56. The molecule has 0 spiro atoms. The van der Waals surface area contributed by atoms with Crippen molar-refractivity contribution < 1.29 is 13.2 Å². The molecule has 0 amide bonds. The Kier molecular flexibility index (Phi) is 4.42. The summed E-state index contributed by atoms with van der Waals surface area (Å²) in [5, 5.41) is 9.81. The first-order valence-corrected chi connectivity index (χ1v) is 10.9. The van der Waals surface area contributed by atoms with Crippen molar-refractivity contribution in [2.75, 3.05) is 0 Å². The average Bonchev–Trinajstić information content (AvgIpc) is 3.41. The molecule has 34 heavy (non-hydrogen) atoms. The van der Waals surface area contributed by atoms with E-state index in [-0.39, 0.29) is 5.56 Å². The summed E-state index contributed by atoms with van der Waals surface area (Å²) < 4.78 is 44.2. The maximum Gasteiger partial charge on any atom is 0.433 e. The Labute approximate surface area is 191 Å². The Bertz CT molecular complexity index is 1610. The van der Waals surface area contributed by atoms with Crippen LogP contribution in [0, 0.1) is 5.92 Å². The van der Waals surface area contributed by atoms with Crippen LogP contribution in [0.15, 0.2) is 59.8 Å². The number of halogens is 3. The van der Waals surface area contributed by atoms with Crippen LogP contribution in [0.25, 0.3) is 38.8 Å². The first kappa shape index (κ1) is 20.6. The number of aryl methyl sites for hydroxylation is 1. The molecular formula is C24H19F3N6O. The molecule has 0 unspecified atom stereocenters. The number of rotatable bonds is 4. The molecule has 0 saturated heterocycles. The van der Waals surface area contributed by atoms with Crippen molar-refractivity contribution in [3.8, 4) is 16.8 Å². The van der Waals surface area contributed by atoms with E-state index in [0.29, 0.717) is 28.2 Å². The smallest absolute Gasteiger partial charge is 0.345 e. The molecule has 1 aliphatic rings. The van der Waals surface area contributed by atoms with Crippen molar-refractivity contribution in [2.45, 2.75) is 25.6 Å². The summed E-state index contributed by atoms with van der Waals surface area (Å²) in [5.41, 5.74) is 1.69. The van der Waals surface area contributed by atoms with E-state index in [1.165, 1.54) is 10.7 Å². The molecular weight excluding hydrogens is 445 g/mol. The minimum Gasteiger partial charge on any atom is -0.345 e. The van der Waals surface area contributed by atoms with Crippen molar-refractivity contribution in [3.05, 3.63) is 71.0 Å². The number of hydrogen-bond acceptors (Lipinski definition) is 4. The molecule has 0 N–H and O–H groups in total. The number of nitrogens with zero attached hydrogens (tertiary/aromatic N) is 6. The van der Waals surface area contributed by atoms with Crippen molar-refractivity contribution >= 4 is 21.9 Å². The quantitative estimate of drug-likeness (QED) is 0.391. The van der Waals surface area contributed by atoms with Gasteiger partial charge in [-0.3, -0.25) is 14.5 Å². The van der Waals surface area contributed by atoms with E-state index in [1.807, 2.05) is 36.1 Å². The predicted octanol–water partition coefficient (Wildman–Crippen LogP) is 4.56. The van der Waals surface area contributed by atoms with Crippen LogP contribution < -0.4 is 5.56 Å². The molecule has 172 valence electrons. The van der Waals surface area contributed by atoms with E-state index in [2.05, 4.69) is 15.2 Å². The van der Waals surface area contributed by atoms with Gasteiger partial charge in [0.15, 0.2) is 0 Å². The minimum absolute atomic E-state index is 0.281. The largest absolute Gasteiger partial charge is 0.433 e. The van der Waals surface area contributed by atoms with Gasteiger partial charge in [0.1, 0.15) is 11.2 Å². The molecule has 1 aromatic carbocycles. The molecule has 6 rings (SSSR count). The molecule has 0 bridgehead atoms. The van der Waals surface area contributed by atoms with Crippen LogP contribution in [-0.4, -0.2) is 29.1 Å². The van der Waals surface area contributed by atoms with Crippen molar-refractivity contribution in [1.82, 2.24) is 29.1 Å². The van der Waals surface area contributed by atoms with E-state index >= 15 is 0 Å². The highest BCUT2D eigenvalue weighted by Gasteiger charge is 2.32. The van der Waals surface area contributed by atoms with Gasteiger partial charge in [-0.05, 0) is 49.1 Å².